The fraction of sp³-hybridized carbons (Fsp3) is 0.238. The number of carbonyl (C=O) groups is 2. The summed E-state index contributed by atoms with van der Waals surface area (Å²) >= 11 is 1.24. The smallest absolute Gasteiger partial charge is 0.265 e. The molecule has 0 aliphatic carbocycles. The van der Waals surface area contributed by atoms with Crippen LogP contribution in [0.4, 0.5) is 18.9 Å². The standard InChI is InChI=1S/C21H20F3N3O3S/c1-21(2,30-17-8-5-13(23)9-16(17)24)19(29)27-20-26-15(11-31-20)10-18(28)25-14-6-3-12(22)4-7-14/h3-9,11,20,26H,10H2,1-2H3,(H,25,28)(H,27,29). The molecule has 0 aromatic heterocycles. The zero-order valence-electron chi connectivity index (χ0n) is 16.7. The number of anilines is 1. The fourth-order valence-electron chi connectivity index (χ4n) is 2.63. The van der Waals surface area contributed by atoms with Crippen LogP contribution in [0.15, 0.2) is 53.6 Å². The quantitative estimate of drug-likeness (QED) is 0.596. The van der Waals surface area contributed by atoms with E-state index in [2.05, 4.69) is 16.0 Å². The first kappa shape index (κ1) is 22.5. The third-order valence-corrected chi connectivity index (χ3v) is 5.14. The van der Waals surface area contributed by atoms with Crippen molar-refractivity contribution in [2.45, 2.75) is 31.4 Å². The lowest BCUT2D eigenvalue weighted by atomic mass is 10.1. The van der Waals surface area contributed by atoms with Crippen molar-refractivity contribution >= 4 is 29.3 Å². The molecular formula is C21H20F3N3O3S. The average Bonchev–Trinajstić information content (AvgIpc) is 3.12. The van der Waals surface area contributed by atoms with E-state index in [-0.39, 0.29) is 18.1 Å². The molecule has 0 saturated carbocycles. The van der Waals surface area contributed by atoms with Crippen LogP contribution in [0.25, 0.3) is 0 Å². The Balaban J connectivity index is 1.49. The van der Waals surface area contributed by atoms with Gasteiger partial charge in [-0.25, -0.2) is 13.2 Å². The van der Waals surface area contributed by atoms with Gasteiger partial charge in [0.2, 0.25) is 5.91 Å². The molecule has 3 N–H and O–H groups in total. The molecule has 164 valence electrons. The van der Waals surface area contributed by atoms with Gasteiger partial charge in [-0.2, -0.15) is 0 Å². The molecule has 0 saturated heterocycles. The van der Waals surface area contributed by atoms with Crippen molar-refractivity contribution in [1.29, 1.82) is 0 Å². The fourth-order valence-corrected chi connectivity index (χ4v) is 3.48. The van der Waals surface area contributed by atoms with Crippen LogP contribution in [0.5, 0.6) is 5.75 Å². The highest BCUT2D eigenvalue weighted by molar-refractivity contribution is 8.02. The molecule has 0 spiro atoms. The zero-order chi connectivity index (χ0) is 22.6. The van der Waals surface area contributed by atoms with Crippen LogP contribution in [0, 0.1) is 17.5 Å². The summed E-state index contributed by atoms with van der Waals surface area (Å²) in [6.07, 6.45) is 0.0252. The van der Waals surface area contributed by atoms with Gasteiger partial charge in [-0.1, -0.05) is 11.8 Å². The summed E-state index contributed by atoms with van der Waals surface area (Å²) < 4.78 is 45.2. The van der Waals surface area contributed by atoms with Gasteiger partial charge in [-0.3, -0.25) is 9.59 Å². The topological polar surface area (TPSA) is 79.5 Å². The lowest BCUT2D eigenvalue weighted by Gasteiger charge is -2.27. The van der Waals surface area contributed by atoms with E-state index in [0.717, 1.165) is 12.1 Å². The van der Waals surface area contributed by atoms with Crippen LogP contribution in [0.1, 0.15) is 20.3 Å². The number of hydrogen-bond donors (Lipinski definition) is 3. The Labute approximate surface area is 181 Å². The summed E-state index contributed by atoms with van der Waals surface area (Å²) in [4.78, 5) is 24.7. The summed E-state index contributed by atoms with van der Waals surface area (Å²) in [6, 6.07) is 8.21. The summed E-state index contributed by atoms with van der Waals surface area (Å²) in [5, 5.41) is 10.0. The van der Waals surface area contributed by atoms with Crippen LogP contribution in [0.3, 0.4) is 0 Å². The van der Waals surface area contributed by atoms with Crippen molar-refractivity contribution in [2.24, 2.45) is 0 Å². The second kappa shape index (κ2) is 9.34. The summed E-state index contributed by atoms with van der Waals surface area (Å²) in [5.41, 5.74) is -0.946. The Morgan fingerprint density at radius 2 is 1.77 bits per heavy atom. The molecule has 1 aliphatic rings. The molecular weight excluding hydrogens is 431 g/mol. The van der Waals surface area contributed by atoms with Gasteiger partial charge in [0.15, 0.2) is 22.7 Å². The number of halogens is 3. The van der Waals surface area contributed by atoms with E-state index in [1.807, 2.05) is 0 Å². The van der Waals surface area contributed by atoms with Gasteiger partial charge in [0.1, 0.15) is 11.6 Å². The molecule has 10 heteroatoms. The first-order valence-corrected chi connectivity index (χ1v) is 10.2. The highest BCUT2D eigenvalue weighted by atomic mass is 32.2. The molecule has 6 nitrogen and oxygen atoms in total. The van der Waals surface area contributed by atoms with Gasteiger partial charge in [-0.15, -0.1) is 0 Å². The predicted molar refractivity (Wildman–Crippen MR) is 111 cm³/mol. The van der Waals surface area contributed by atoms with E-state index in [9.17, 15) is 22.8 Å². The monoisotopic (exact) mass is 451 g/mol. The van der Waals surface area contributed by atoms with Crippen LogP contribution in [-0.4, -0.2) is 22.9 Å². The highest BCUT2D eigenvalue weighted by Gasteiger charge is 2.33. The normalized spacial score (nSPS) is 15.6. The van der Waals surface area contributed by atoms with Gasteiger partial charge < -0.3 is 20.7 Å². The van der Waals surface area contributed by atoms with E-state index < -0.39 is 34.5 Å². The number of benzene rings is 2. The van der Waals surface area contributed by atoms with Gasteiger partial charge in [0.25, 0.3) is 5.91 Å². The van der Waals surface area contributed by atoms with Crippen molar-refractivity contribution in [3.8, 4) is 5.75 Å². The third kappa shape index (κ3) is 6.17. The van der Waals surface area contributed by atoms with Crippen molar-refractivity contribution in [2.75, 3.05) is 5.32 Å². The molecule has 0 fully saturated rings. The molecule has 2 amide bonds. The van der Waals surface area contributed by atoms with Crippen molar-refractivity contribution in [1.82, 2.24) is 10.6 Å². The summed E-state index contributed by atoms with van der Waals surface area (Å²) in [7, 11) is 0. The van der Waals surface area contributed by atoms with E-state index in [1.165, 1.54) is 49.9 Å². The molecule has 31 heavy (non-hydrogen) atoms. The minimum atomic E-state index is -1.44. The van der Waals surface area contributed by atoms with E-state index in [1.54, 1.807) is 5.41 Å². The number of rotatable bonds is 7. The first-order valence-electron chi connectivity index (χ1n) is 9.24. The molecule has 1 atom stereocenters. The maximum atomic E-state index is 13.8. The van der Waals surface area contributed by atoms with Crippen LogP contribution in [-0.2, 0) is 9.59 Å². The Hall–Kier alpha value is -3.14. The molecule has 1 aliphatic heterocycles. The van der Waals surface area contributed by atoms with Gasteiger partial charge >= 0.3 is 0 Å². The van der Waals surface area contributed by atoms with Crippen molar-refractivity contribution < 1.29 is 27.5 Å². The zero-order valence-corrected chi connectivity index (χ0v) is 17.5. The predicted octanol–water partition coefficient (Wildman–Crippen LogP) is 3.87. The van der Waals surface area contributed by atoms with Crippen molar-refractivity contribution in [3.05, 3.63) is 71.0 Å². The average molecular weight is 451 g/mol. The van der Waals surface area contributed by atoms with Crippen LogP contribution >= 0.6 is 11.8 Å². The third-order valence-electron chi connectivity index (χ3n) is 4.21. The number of amides is 2. The minimum Gasteiger partial charge on any atom is -0.475 e. The molecule has 0 radical (unpaired) electrons. The Kier molecular flexibility index (Phi) is 6.79. The number of ether oxygens (including phenoxy) is 1. The first-order chi connectivity index (χ1) is 14.6. The second-order valence-electron chi connectivity index (χ2n) is 7.20. The Morgan fingerprint density at radius 3 is 2.45 bits per heavy atom. The molecule has 1 heterocycles. The minimum absolute atomic E-state index is 0.0252. The molecule has 1 unspecified atom stereocenters. The van der Waals surface area contributed by atoms with Gasteiger partial charge in [0, 0.05) is 17.5 Å². The lowest BCUT2D eigenvalue weighted by molar-refractivity contribution is -0.134. The summed E-state index contributed by atoms with van der Waals surface area (Å²) in [5.74, 6) is -3.15. The second-order valence-corrected chi connectivity index (χ2v) is 8.18. The van der Waals surface area contributed by atoms with Crippen LogP contribution in [0.2, 0.25) is 0 Å². The Morgan fingerprint density at radius 1 is 1.10 bits per heavy atom. The maximum Gasteiger partial charge on any atom is 0.265 e. The number of hydrogen-bond acceptors (Lipinski definition) is 5. The SMILES string of the molecule is CC(C)(Oc1ccc(F)cc1F)C(=O)NC1NC(CC(=O)Nc2ccc(F)cc2)=CS1. The number of thioether (sulfide) groups is 1. The number of carbonyl (C=O) groups excluding carboxylic acids is 2. The largest absolute Gasteiger partial charge is 0.475 e. The van der Waals surface area contributed by atoms with Crippen molar-refractivity contribution in [3.63, 3.8) is 0 Å². The molecule has 2 aromatic rings. The summed E-state index contributed by atoms with van der Waals surface area (Å²) in [6.45, 7) is 2.91. The van der Waals surface area contributed by atoms with E-state index in [4.69, 9.17) is 4.74 Å². The van der Waals surface area contributed by atoms with Crippen LogP contribution < -0.4 is 20.7 Å². The molecule has 0 bridgehead atoms. The maximum absolute atomic E-state index is 13.8. The highest BCUT2D eigenvalue weighted by Crippen LogP contribution is 2.25. The Bertz CT molecular complexity index is 1010. The molecule has 3 rings (SSSR count). The van der Waals surface area contributed by atoms with E-state index in [0.29, 0.717) is 17.5 Å². The lowest BCUT2D eigenvalue weighted by Crippen LogP contribution is -2.52. The molecule has 2 aromatic carbocycles. The van der Waals surface area contributed by atoms with Gasteiger partial charge in [0.05, 0.1) is 6.42 Å². The number of nitrogens with one attached hydrogen (secondary N) is 3. The van der Waals surface area contributed by atoms with E-state index >= 15 is 0 Å². The van der Waals surface area contributed by atoms with Gasteiger partial charge in [-0.05, 0) is 55.7 Å².